The van der Waals surface area contributed by atoms with Crippen LogP contribution in [0.25, 0.3) is 0 Å². The van der Waals surface area contributed by atoms with Crippen LogP contribution in [0.4, 0.5) is 5.69 Å². The number of carboxylic acid groups (broad SMARTS) is 1. The molecule has 0 atom stereocenters. The summed E-state index contributed by atoms with van der Waals surface area (Å²) in [7, 11) is -3.69. The predicted octanol–water partition coefficient (Wildman–Crippen LogP) is 3.43. The summed E-state index contributed by atoms with van der Waals surface area (Å²) in [5.41, 5.74) is 4.20. The van der Waals surface area contributed by atoms with E-state index in [1.54, 1.807) is 12.1 Å². The zero-order chi connectivity index (χ0) is 17.9. The standard InChI is InChI=1S/C18H21NO4S/c1-12-10-13(2)18(14(3)11-12)19-24(22,23)16-7-4-15(5-8-16)6-9-17(20)21/h4-5,7-8,10-11,19H,6,9H2,1-3H3,(H,20,21). The third-order valence-corrected chi connectivity index (χ3v) is 5.14. The van der Waals surface area contributed by atoms with E-state index in [1.165, 1.54) is 12.1 Å². The first-order valence-corrected chi connectivity index (χ1v) is 9.09. The highest BCUT2D eigenvalue weighted by molar-refractivity contribution is 7.92. The van der Waals surface area contributed by atoms with Crippen LogP contribution in [0.2, 0.25) is 0 Å². The average Bonchev–Trinajstić information content (AvgIpc) is 2.49. The lowest BCUT2D eigenvalue weighted by Crippen LogP contribution is -2.15. The molecule has 24 heavy (non-hydrogen) atoms. The van der Waals surface area contributed by atoms with Crippen molar-refractivity contribution in [2.45, 2.75) is 38.5 Å². The molecule has 0 aliphatic rings. The van der Waals surface area contributed by atoms with Gasteiger partial charge in [0.2, 0.25) is 0 Å². The predicted molar refractivity (Wildman–Crippen MR) is 93.9 cm³/mol. The number of sulfonamides is 1. The topological polar surface area (TPSA) is 83.5 Å². The van der Waals surface area contributed by atoms with Gasteiger partial charge >= 0.3 is 5.97 Å². The van der Waals surface area contributed by atoms with E-state index in [4.69, 9.17) is 5.11 Å². The molecule has 0 unspecified atom stereocenters. The van der Waals surface area contributed by atoms with Crippen LogP contribution in [0.3, 0.4) is 0 Å². The summed E-state index contributed by atoms with van der Waals surface area (Å²) in [4.78, 5) is 10.7. The van der Waals surface area contributed by atoms with Crippen LogP contribution in [0.15, 0.2) is 41.3 Å². The van der Waals surface area contributed by atoms with Crippen LogP contribution < -0.4 is 4.72 Å². The summed E-state index contributed by atoms with van der Waals surface area (Å²) in [5.74, 6) is -0.876. The molecular weight excluding hydrogens is 326 g/mol. The largest absolute Gasteiger partial charge is 0.481 e. The summed E-state index contributed by atoms with van der Waals surface area (Å²) < 4.78 is 27.8. The van der Waals surface area contributed by atoms with Crippen LogP contribution in [0, 0.1) is 20.8 Å². The van der Waals surface area contributed by atoms with E-state index in [9.17, 15) is 13.2 Å². The minimum Gasteiger partial charge on any atom is -0.481 e. The number of carbonyl (C=O) groups is 1. The Morgan fingerprint density at radius 1 is 1.04 bits per heavy atom. The maximum Gasteiger partial charge on any atom is 0.303 e. The van der Waals surface area contributed by atoms with Crippen molar-refractivity contribution < 1.29 is 18.3 Å². The molecule has 0 radical (unpaired) electrons. The second-order valence-corrected chi connectivity index (χ2v) is 7.60. The first-order chi connectivity index (χ1) is 11.2. The highest BCUT2D eigenvalue weighted by Crippen LogP contribution is 2.25. The summed E-state index contributed by atoms with van der Waals surface area (Å²) in [6.07, 6.45) is 0.394. The van der Waals surface area contributed by atoms with Gasteiger partial charge < -0.3 is 5.11 Å². The molecule has 2 N–H and O–H groups in total. The number of nitrogens with one attached hydrogen (secondary N) is 1. The van der Waals surface area contributed by atoms with Gasteiger partial charge in [-0.3, -0.25) is 9.52 Å². The van der Waals surface area contributed by atoms with Gasteiger partial charge in [0.1, 0.15) is 0 Å². The van der Waals surface area contributed by atoms with Crippen LogP contribution in [0.1, 0.15) is 28.7 Å². The number of aliphatic carboxylic acids is 1. The van der Waals surface area contributed by atoms with Crippen molar-refractivity contribution in [3.63, 3.8) is 0 Å². The Morgan fingerprint density at radius 2 is 1.58 bits per heavy atom. The molecule has 0 saturated heterocycles. The molecule has 0 aliphatic heterocycles. The van der Waals surface area contributed by atoms with E-state index in [2.05, 4.69) is 4.72 Å². The van der Waals surface area contributed by atoms with Gasteiger partial charge in [0.25, 0.3) is 10.0 Å². The molecule has 0 saturated carbocycles. The zero-order valence-corrected chi connectivity index (χ0v) is 14.8. The zero-order valence-electron chi connectivity index (χ0n) is 14.0. The summed E-state index contributed by atoms with van der Waals surface area (Å²) in [5, 5.41) is 8.69. The molecule has 2 aromatic rings. The SMILES string of the molecule is Cc1cc(C)c(NS(=O)(=O)c2ccc(CCC(=O)O)cc2)c(C)c1. The highest BCUT2D eigenvalue weighted by atomic mass is 32.2. The molecule has 5 nitrogen and oxygen atoms in total. The van der Waals surface area contributed by atoms with Crippen LogP contribution >= 0.6 is 0 Å². The number of anilines is 1. The Morgan fingerprint density at radius 3 is 2.08 bits per heavy atom. The number of aryl methyl sites for hydroxylation is 4. The molecule has 0 aromatic heterocycles. The van der Waals surface area contributed by atoms with Gasteiger partial charge in [-0.2, -0.15) is 0 Å². The van der Waals surface area contributed by atoms with Crippen molar-refractivity contribution in [2.75, 3.05) is 4.72 Å². The maximum atomic E-state index is 12.6. The monoisotopic (exact) mass is 347 g/mol. The highest BCUT2D eigenvalue weighted by Gasteiger charge is 2.16. The van der Waals surface area contributed by atoms with Crippen molar-refractivity contribution in [3.8, 4) is 0 Å². The van der Waals surface area contributed by atoms with Gasteiger partial charge in [-0.25, -0.2) is 8.42 Å². The molecule has 0 heterocycles. The number of benzene rings is 2. The van der Waals surface area contributed by atoms with E-state index >= 15 is 0 Å². The Labute approximate surface area is 142 Å². The first kappa shape index (κ1) is 18.0. The third kappa shape index (κ3) is 4.35. The van der Waals surface area contributed by atoms with E-state index in [1.807, 2.05) is 32.9 Å². The van der Waals surface area contributed by atoms with Crippen LogP contribution in [-0.2, 0) is 21.2 Å². The fourth-order valence-electron chi connectivity index (χ4n) is 2.62. The smallest absolute Gasteiger partial charge is 0.303 e. The molecule has 6 heteroatoms. The van der Waals surface area contributed by atoms with Crippen molar-refractivity contribution in [3.05, 3.63) is 58.7 Å². The third-order valence-electron chi connectivity index (χ3n) is 3.77. The van der Waals surface area contributed by atoms with Crippen molar-refractivity contribution in [2.24, 2.45) is 0 Å². The van der Waals surface area contributed by atoms with Crippen molar-refractivity contribution >= 4 is 21.7 Å². The van der Waals surface area contributed by atoms with Gasteiger partial charge in [-0.05, 0) is 56.0 Å². The number of carboxylic acids is 1. The van der Waals surface area contributed by atoms with Gasteiger partial charge in [0, 0.05) is 6.42 Å². The van der Waals surface area contributed by atoms with E-state index in [0.29, 0.717) is 12.1 Å². The lowest BCUT2D eigenvalue weighted by molar-refractivity contribution is -0.136. The van der Waals surface area contributed by atoms with Gasteiger partial charge in [-0.15, -0.1) is 0 Å². The van der Waals surface area contributed by atoms with Crippen molar-refractivity contribution in [1.82, 2.24) is 0 Å². The normalized spacial score (nSPS) is 11.3. The average molecular weight is 347 g/mol. The summed E-state index contributed by atoms with van der Waals surface area (Å²) >= 11 is 0. The quantitative estimate of drug-likeness (QED) is 0.838. The minimum atomic E-state index is -3.69. The second-order valence-electron chi connectivity index (χ2n) is 5.92. The molecular formula is C18H21NO4S. The molecule has 0 aliphatic carbocycles. The fraction of sp³-hybridized carbons (Fsp3) is 0.278. The van der Waals surface area contributed by atoms with Crippen LogP contribution in [0.5, 0.6) is 0 Å². The molecule has 2 rings (SSSR count). The first-order valence-electron chi connectivity index (χ1n) is 7.60. The fourth-order valence-corrected chi connectivity index (χ4v) is 3.82. The minimum absolute atomic E-state index is 0.0199. The molecule has 128 valence electrons. The molecule has 0 bridgehead atoms. The Bertz CT molecular complexity index is 832. The van der Waals surface area contributed by atoms with Crippen molar-refractivity contribution in [1.29, 1.82) is 0 Å². The lowest BCUT2D eigenvalue weighted by atomic mass is 10.1. The van der Waals surface area contributed by atoms with E-state index < -0.39 is 16.0 Å². The Kier molecular flexibility index (Phi) is 5.29. The number of hydrogen-bond acceptors (Lipinski definition) is 3. The maximum absolute atomic E-state index is 12.6. The Balaban J connectivity index is 2.23. The second kappa shape index (κ2) is 7.05. The summed E-state index contributed by atoms with van der Waals surface area (Å²) in [6, 6.07) is 10.1. The lowest BCUT2D eigenvalue weighted by Gasteiger charge is -2.14. The van der Waals surface area contributed by atoms with E-state index in [-0.39, 0.29) is 11.3 Å². The summed E-state index contributed by atoms with van der Waals surface area (Å²) in [6.45, 7) is 5.70. The molecule has 0 amide bonds. The van der Waals surface area contributed by atoms with Crippen LogP contribution in [-0.4, -0.2) is 19.5 Å². The van der Waals surface area contributed by atoms with Gasteiger partial charge in [0.05, 0.1) is 10.6 Å². The van der Waals surface area contributed by atoms with Gasteiger partial charge in [-0.1, -0.05) is 29.8 Å². The number of rotatable bonds is 6. The molecule has 0 spiro atoms. The Hall–Kier alpha value is -2.34. The molecule has 2 aromatic carbocycles. The van der Waals surface area contributed by atoms with E-state index in [0.717, 1.165) is 22.3 Å². The molecule has 0 fully saturated rings. The van der Waals surface area contributed by atoms with Gasteiger partial charge in [0.15, 0.2) is 0 Å². The number of hydrogen-bond donors (Lipinski definition) is 2.